The number of ether oxygens (including phenoxy) is 1. The van der Waals surface area contributed by atoms with Crippen molar-refractivity contribution in [2.75, 3.05) is 0 Å². The molecule has 1 aliphatic heterocycles. The van der Waals surface area contributed by atoms with Crippen molar-refractivity contribution in [2.45, 2.75) is 72.1 Å². The molecule has 1 saturated heterocycles. The van der Waals surface area contributed by atoms with Gasteiger partial charge in [0.2, 0.25) is 0 Å². The quantitative estimate of drug-likeness (QED) is 0.391. The van der Waals surface area contributed by atoms with Gasteiger partial charge in [0.1, 0.15) is 0 Å². The molecule has 7 atom stereocenters. The van der Waals surface area contributed by atoms with Gasteiger partial charge in [-0.05, 0) is 42.4 Å². The number of carbonyl (C=O) groups excluding carboxylic acids is 2. The molecule has 3 nitrogen and oxygen atoms in total. The van der Waals surface area contributed by atoms with Crippen molar-refractivity contribution in [1.29, 1.82) is 0 Å². The molecule has 0 spiro atoms. The van der Waals surface area contributed by atoms with E-state index in [0.29, 0.717) is 17.8 Å². The molecule has 0 radical (unpaired) electrons. The Bertz CT molecular complexity index is 458. The number of esters is 2. The van der Waals surface area contributed by atoms with Crippen LogP contribution in [0.3, 0.4) is 0 Å². The first kappa shape index (κ1) is 17.0. The summed E-state index contributed by atoms with van der Waals surface area (Å²) in [6, 6.07) is 0. The number of fused-ring (bicyclic) bond motifs is 2. The van der Waals surface area contributed by atoms with E-state index in [4.69, 9.17) is 4.74 Å². The van der Waals surface area contributed by atoms with Gasteiger partial charge in [0.15, 0.2) is 0 Å². The zero-order valence-corrected chi connectivity index (χ0v) is 14.9. The minimum atomic E-state index is -0.300. The van der Waals surface area contributed by atoms with Gasteiger partial charge >= 0.3 is 11.9 Å². The summed E-state index contributed by atoms with van der Waals surface area (Å²) in [6.45, 7) is 6.44. The highest BCUT2D eigenvalue weighted by Crippen LogP contribution is 2.60. The summed E-state index contributed by atoms with van der Waals surface area (Å²) in [4.78, 5) is 24.0. The molecule has 0 aromatic rings. The van der Waals surface area contributed by atoms with Crippen LogP contribution in [0.15, 0.2) is 0 Å². The highest BCUT2D eigenvalue weighted by Gasteiger charge is 2.58. The predicted molar refractivity (Wildman–Crippen MR) is 89.5 cm³/mol. The Morgan fingerprint density at radius 2 is 1.74 bits per heavy atom. The van der Waals surface area contributed by atoms with Crippen LogP contribution in [0.4, 0.5) is 0 Å². The van der Waals surface area contributed by atoms with Gasteiger partial charge in [0.05, 0.1) is 11.8 Å². The van der Waals surface area contributed by atoms with Crippen molar-refractivity contribution >= 4 is 11.9 Å². The van der Waals surface area contributed by atoms with E-state index in [-0.39, 0.29) is 23.8 Å². The van der Waals surface area contributed by atoms with Gasteiger partial charge in [-0.3, -0.25) is 9.59 Å². The Kier molecular flexibility index (Phi) is 5.13. The molecule has 3 fully saturated rings. The SMILES string of the molecule is CCCCCCCC1CC2CC1C(C1C(=O)OC(=O)C1C)C2C. The maximum atomic E-state index is 12.2. The zero-order chi connectivity index (χ0) is 16.6. The molecule has 3 aliphatic rings. The molecule has 1 heterocycles. The number of cyclic esters (lactones) is 2. The molecule has 0 N–H and O–H groups in total. The van der Waals surface area contributed by atoms with Crippen LogP contribution in [0.1, 0.15) is 72.1 Å². The van der Waals surface area contributed by atoms with Crippen LogP contribution in [0, 0.1) is 41.4 Å². The molecule has 2 saturated carbocycles. The molecule has 0 amide bonds. The highest BCUT2D eigenvalue weighted by molar-refractivity contribution is 5.96. The fraction of sp³-hybridized carbons (Fsp3) is 0.900. The maximum Gasteiger partial charge on any atom is 0.317 e. The average Bonchev–Trinajstić information content (AvgIpc) is 3.13. The minimum absolute atomic E-state index is 0.171. The van der Waals surface area contributed by atoms with Gasteiger partial charge in [-0.15, -0.1) is 0 Å². The van der Waals surface area contributed by atoms with Crippen LogP contribution >= 0.6 is 0 Å². The van der Waals surface area contributed by atoms with E-state index in [0.717, 1.165) is 11.8 Å². The first-order chi connectivity index (χ1) is 11.0. The van der Waals surface area contributed by atoms with Crippen LogP contribution in [0.2, 0.25) is 0 Å². The largest absolute Gasteiger partial charge is 0.393 e. The monoisotopic (exact) mass is 320 g/mol. The lowest BCUT2D eigenvalue weighted by Gasteiger charge is -2.37. The van der Waals surface area contributed by atoms with E-state index in [1.807, 2.05) is 6.92 Å². The molecule has 0 aromatic carbocycles. The van der Waals surface area contributed by atoms with Crippen molar-refractivity contribution in [1.82, 2.24) is 0 Å². The Hall–Kier alpha value is -0.860. The van der Waals surface area contributed by atoms with Crippen LogP contribution in [-0.4, -0.2) is 11.9 Å². The topological polar surface area (TPSA) is 43.4 Å². The molecule has 130 valence electrons. The Labute approximate surface area is 140 Å². The smallest absolute Gasteiger partial charge is 0.317 e. The van der Waals surface area contributed by atoms with Gasteiger partial charge in [-0.25, -0.2) is 0 Å². The standard InChI is InChI=1S/C20H32O3/c1-4-5-6-7-8-9-14-10-15-11-16(14)17(12(15)2)18-13(3)19(21)23-20(18)22/h12-18H,4-11H2,1-3H3. The van der Waals surface area contributed by atoms with E-state index in [1.54, 1.807) is 0 Å². The summed E-state index contributed by atoms with van der Waals surface area (Å²) in [6.07, 6.45) is 10.6. The van der Waals surface area contributed by atoms with Crippen molar-refractivity contribution in [3.05, 3.63) is 0 Å². The molecule has 3 rings (SSSR count). The minimum Gasteiger partial charge on any atom is -0.393 e. The average molecular weight is 320 g/mol. The van der Waals surface area contributed by atoms with E-state index < -0.39 is 0 Å². The third kappa shape index (κ3) is 3.08. The Balaban J connectivity index is 1.61. The number of carbonyl (C=O) groups is 2. The first-order valence-electron chi connectivity index (χ1n) is 9.80. The van der Waals surface area contributed by atoms with Crippen LogP contribution in [0.5, 0.6) is 0 Å². The maximum absolute atomic E-state index is 12.2. The third-order valence-corrected chi connectivity index (χ3v) is 7.11. The predicted octanol–water partition coefficient (Wildman–Crippen LogP) is 4.59. The second-order valence-corrected chi connectivity index (χ2v) is 8.35. The second kappa shape index (κ2) is 6.94. The van der Waals surface area contributed by atoms with Gasteiger partial charge < -0.3 is 4.74 Å². The number of rotatable bonds is 7. The summed E-state index contributed by atoms with van der Waals surface area (Å²) in [5.74, 6) is 2.19. The normalized spacial score (nSPS) is 42.5. The summed E-state index contributed by atoms with van der Waals surface area (Å²) in [5, 5.41) is 0. The van der Waals surface area contributed by atoms with Crippen molar-refractivity contribution in [2.24, 2.45) is 41.4 Å². The van der Waals surface area contributed by atoms with E-state index in [9.17, 15) is 9.59 Å². The number of unbranched alkanes of at least 4 members (excludes halogenated alkanes) is 4. The molecule has 2 bridgehead atoms. The molecular weight excluding hydrogens is 288 g/mol. The second-order valence-electron chi connectivity index (χ2n) is 8.35. The van der Waals surface area contributed by atoms with Gasteiger partial charge in [-0.2, -0.15) is 0 Å². The summed E-state index contributed by atoms with van der Waals surface area (Å²) < 4.78 is 4.94. The third-order valence-electron chi connectivity index (χ3n) is 7.11. The van der Waals surface area contributed by atoms with Crippen LogP contribution in [-0.2, 0) is 14.3 Å². The lowest BCUT2D eigenvalue weighted by Crippen LogP contribution is -2.37. The molecular formula is C20H32O3. The summed E-state index contributed by atoms with van der Waals surface area (Å²) >= 11 is 0. The van der Waals surface area contributed by atoms with E-state index in [1.165, 1.54) is 51.4 Å². The van der Waals surface area contributed by atoms with Crippen molar-refractivity contribution < 1.29 is 14.3 Å². The van der Waals surface area contributed by atoms with Crippen LogP contribution in [0.25, 0.3) is 0 Å². The highest BCUT2D eigenvalue weighted by atomic mass is 16.6. The van der Waals surface area contributed by atoms with Crippen molar-refractivity contribution in [3.63, 3.8) is 0 Å². The zero-order valence-electron chi connectivity index (χ0n) is 14.9. The lowest BCUT2D eigenvalue weighted by molar-refractivity contribution is -0.154. The van der Waals surface area contributed by atoms with Gasteiger partial charge in [0, 0.05) is 0 Å². The Morgan fingerprint density at radius 1 is 1.00 bits per heavy atom. The molecule has 0 aromatic heterocycles. The first-order valence-corrected chi connectivity index (χ1v) is 9.80. The Morgan fingerprint density at radius 3 is 2.35 bits per heavy atom. The molecule has 3 heteroatoms. The number of hydrogen-bond acceptors (Lipinski definition) is 3. The summed E-state index contributed by atoms with van der Waals surface area (Å²) in [5.41, 5.74) is 0. The fourth-order valence-electron chi connectivity index (χ4n) is 5.84. The molecule has 7 unspecified atom stereocenters. The van der Waals surface area contributed by atoms with E-state index >= 15 is 0 Å². The van der Waals surface area contributed by atoms with E-state index in [2.05, 4.69) is 13.8 Å². The van der Waals surface area contributed by atoms with Crippen molar-refractivity contribution in [3.8, 4) is 0 Å². The lowest BCUT2D eigenvalue weighted by atomic mass is 9.66. The number of hydrogen-bond donors (Lipinski definition) is 0. The molecule has 2 aliphatic carbocycles. The summed E-state index contributed by atoms with van der Waals surface area (Å²) in [7, 11) is 0. The fourth-order valence-corrected chi connectivity index (χ4v) is 5.84. The molecule has 23 heavy (non-hydrogen) atoms. The van der Waals surface area contributed by atoms with Crippen LogP contribution < -0.4 is 0 Å². The van der Waals surface area contributed by atoms with Gasteiger partial charge in [-0.1, -0.05) is 59.3 Å². The van der Waals surface area contributed by atoms with Gasteiger partial charge in [0.25, 0.3) is 0 Å².